The summed E-state index contributed by atoms with van der Waals surface area (Å²) < 4.78 is 2.18. The van der Waals surface area contributed by atoms with Gasteiger partial charge in [-0.1, -0.05) is 18.6 Å². The Morgan fingerprint density at radius 1 is 1.00 bits per heavy atom. The molecule has 0 radical (unpaired) electrons. The fourth-order valence-electron chi connectivity index (χ4n) is 4.72. The highest BCUT2D eigenvalue weighted by atomic mass is 32.2. The highest BCUT2D eigenvalue weighted by Crippen LogP contribution is 2.28. The molecule has 3 heterocycles. The Hall–Kier alpha value is -3.46. The molecule has 180 valence electrons. The summed E-state index contributed by atoms with van der Waals surface area (Å²) in [4.78, 5) is 40.4. The Kier molecular flexibility index (Phi) is 6.68. The average Bonchev–Trinajstić information content (AvgIpc) is 3.28. The predicted octanol–water partition coefficient (Wildman–Crippen LogP) is 4.03. The number of amides is 3. The predicted molar refractivity (Wildman–Crippen MR) is 135 cm³/mol. The van der Waals surface area contributed by atoms with Crippen LogP contribution in [0.4, 0.5) is 5.69 Å². The lowest BCUT2D eigenvalue weighted by atomic mass is 10.1. The minimum absolute atomic E-state index is 0.344. The van der Waals surface area contributed by atoms with Crippen LogP contribution in [0.25, 0.3) is 11.4 Å². The largest absolute Gasteiger partial charge is 0.324 e. The zero-order valence-corrected chi connectivity index (χ0v) is 20.4. The third kappa shape index (κ3) is 4.48. The van der Waals surface area contributed by atoms with E-state index in [-0.39, 0.29) is 5.91 Å². The van der Waals surface area contributed by atoms with Gasteiger partial charge in [-0.25, -0.2) is 0 Å². The van der Waals surface area contributed by atoms with E-state index in [1.54, 1.807) is 36.0 Å². The van der Waals surface area contributed by atoms with Gasteiger partial charge in [-0.3, -0.25) is 19.3 Å². The van der Waals surface area contributed by atoms with Gasteiger partial charge >= 0.3 is 0 Å². The summed E-state index contributed by atoms with van der Waals surface area (Å²) in [6, 6.07) is 13.3. The zero-order valence-electron chi connectivity index (χ0n) is 19.6. The molecule has 0 unspecified atom stereocenters. The van der Waals surface area contributed by atoms with Gasteiger partial charge in [0.1, 0.15) is 11.9 Å². The molecule has 8 nitrogen and oxygen atoms in total. The number of nitrogens with one attached hydrogen (secondary N) is 1. The van der Waals surface area contributed by atoms with E-state index in [0.717, 1.165) is 47.9 Å². The van der Waals surface area contributed by atoms with Gasteiger partial charge in [0.05, 0.1) is 11.1 Å². The number of aromatic nitrogens is 3. The van der Waals surface area contributed by atoms with Gasteiger partial charge in [-0.15, -0.1) is 10.2 Å². The Morgan fingerprint density at radius 2 is 1.71 bits per heavy atom. The Morgan fingerprint density at radius 3 is 2.40 bits per heavy atom. The maximum atomic E-state index is 13.3. The first-order valence-corrected chi connectivity index (χ1v) is 13.3. The van der Waals surface area contributed by atoms with Gasteiger partial charge in [0.2, 0.25) is 5.91 Å². The lowest BCUT2D eigenvalue weighted by Crippen LogP contribution is -2.47. The number of aryl methyl sites for hydroxylation is 1. The molecule has 0 aliphatic carbocycles. The Labute approximate surface area is 208 Å². The fraction of sp³-hybridized carbons (Fsp3) is 0.346. The van der Waals surface area contributed by atoms with E-state index in [1.807, 2.05) is 30.5 Å². The lowest BCUT2D eigenvalue weighted by molar-refractivity contribution is -0.120. The maximum absolute atomic E-state index is 13.3. The molecule has 1 atom stereocenters. The van der Waals surface area contributed by atoms with Gasteiger partial charge in [0.15, 0.2) is 5.82 Å². The molecule has 3 aromatic rings. The van der Waals surface area contributed by atoms with Crippen molar-refractivity contribution in [2.75, 3.05) is 17.3 Å². The second kappa shape index (κ2) is 10.0. The lowest BCUT2D eigenvalue weighted by Gasteiger charge is -2.25. The second-order valence-electron chi connectivity index (χ2n) is 8.79. The number of hydrogen-bond acceptors (Lipinski definition) is 6. The molecule has 0 saturated heterocycles. The number of imide groups is 1. The third-order valence-electron chi connectivity index (χ3n) is 6.56. The van der Waals surface area contributed by atoms with Crippen molar-refractivity contribution < 1.29 is 14.4 Å². The number of carbonyl (C=O) groups is 3. The van der Waals surface area contributed by atoms with Crippen LogP contribution in [0.2, 0.25) is 0 Å². The molecular formula is C26H27N5O3S. The van der Waals surface area contributed by atoms with Crippen LogP contribution in [-0.2, 0) is 17.8 Å². The number of rotatable bonds is 7. The van der Waals surface area contributed by atoms with Gasteiger partial charge in [-0.05, 0) is 67.7 Å². The minimum Gasteiger partial charge on any atom is -0.324 e. The highest BCUT2D eigenvalue weighted by molar-refractivity contribution is 7.98. The summed E-state index contributed by atoms with van der Waals surface area (Å²) in [5.41, 5.74) is 2.22. The first-order chi connectivity index (χ1) is 17.1. The van der Waals surface area contributed by atoms with Gasteiger partial charge < -0.3 is 9.88 Å². The summed E-state index contributed by atoms with van der Waals surface area (Å²) in [6.07, 6.45) is 6.69. The Balaban J connectivity index is 1.34. The van der Waals surface area contributed by atoms with Crippen LogP contribution in [0.5, 0.6) is 0 Å². The van der Waals surface area contributed by atoms with E-state index in [2.05, 4.69) is 20.1 Å². The molecule has 2 aromatic carbocycles. The smallest absolute Gasteiger partial charge is 0.262 e. The Bertz CT molecular complexity index is 1240. The first kappa shape index (κ1) is 23.3. The molecule has 35 heavy (non-hydrogen) atoms. The van der Waals surface area contributed by atoms with Crippen molar-refractivity contribution in [2.24, 2.45) is 0 Å². The van der Waals surface area contributed by atoms with Gasteiger partial charge in [0, 0.05) is 24.2 Å². The van der Waals surface area contributed by atoms with Crippen molar-refractivity contribution in [3.05, 3.63) is 65.5 Å². The molecule has 3 amide bonds. The topological polar surface area (TPSA) is 97.2 Å². The van der Waals surface area contributed by atoms with Gasteiger partial charge in [0.25, 0.3) is 11.8 Å². The molecule has 0 fully saturated rings. The number of nitrogens with zero attached hydrogens (tertiary/aromatic N) is 4. The fourth-order valence-corrected chi connectivity index (χ4v) is 5.18. The molecule has 0 saturated carbocycles. The van der Waals surface area contributed by atoms with Crippen LogP contribution in [0.15, 0.2) is 48.5 Å². The van der Waals surface area contributed by atoms with Crippen molar-refractivity contribution in [3.8, 4) is 11.4 Å². The van der Waals surface area contributed by atoms with Crippen LogP contribution in [0.3, 0.4) is 0 Å². The standard InChI is InChI=1S/C26H27N5O3S/c1-35-16-14-21(31-25(33)19-7-4-5-8-20(19)26(31)34)24(32)27-18-12-10-17(11-13-18)23-29-28-22-9-3-2-6-15-30(22)23/h4-5,7-8,10-13,21H,2-3,6,9,14-16H2,1H3,(H,27,32)/t21-/m1/s1. The van der Waals surface area contributed by atoms with E-state index in [0.29, 0.717) is 29.0 Å². The van der Waals surface area contributed by atoms with Crippen molar-refractivity contribution in [1.29, 1.82) is 0 Å². The summed E-state index contributed by atoms with van der Waals surface area (Å²) in [6.45, 7) is 0.910. The van der Waals surface area contributed by atoms with Crippen LogP contribution in [-0.4, -0.2) is 55.4 Å². The summed E-state index contributed by atoms with van der Waals surface area (Å²) >= 11 is 1.57. The van der Waals surface area contributed by atoms with Crippen molar-refractivity contribution in [1.82, 2.24) is 19.7 Å². The first-order valence-electron chi connectivity index (χ1n) is 11.9. The van der Waals surface area contributed by atoms with E-state index in [4.69, 9.17) is 0 Å². The van der Waals surface area contributed by atoms with Crippen molar-refractivity contribution in [3.63, 3.8) is 0 Å². The van der Waals surface area contributed by atoms with Crippen LogP contribution < -0.4 is 5.32 Å². The highest BCUT2D eigenvalue weighted by Gasteiger charge is 2.42. The normalized spacial score (nSPS) is 16.0. The van der Waals surface area contributed by atoms with Crippen LogP contribution >= 0.6 is 11.8 Å². The molecule has 0 spiro atoms. The van der Waals surface area contributed by atoms with Crippen LogP contribution in [0.1, 0.15) is 52.2 Å². The quantitative estimate of drug-likeness (QED) is 0.504. The second-order valence-corrected chi connectivity index (χ2v) is 9.78. The minimum atomic E-state index is -0.887. The van der Waals surface area contributed by atoms with Crippen LogP contribution in [0, 0.1) is 0 Å². The van der Waals surface area contributed by atoms with Gasteiger partial charge in [-0.2, -0.15) is 11.8 Å². The molecule has 2 aliphatic rings. The molecule has 0 bridgehead atoms. The van der Waals surface area contributed by atoms with E-state index in [9.17, 15) is 14.4 Å². The number of benzene rings is 2. The average molecular weight is 490 g/mol. The number of fused-ring (bicyclic) bond motifs is 2. The number of anilines is 1. The molecule has 2 aliphatic heterocycles. The maximum Gasteiger partial charge on any atom is 0.262 e. The molecule has 1 N–H and O–H groups in total. The summed E-state index contributed by atoms with van der Waals surface area (Å²) in [5.74, 6) is 1.28. The molecular weight excluding hydrogens is 462 g/mol. The SMILES string of the molecule is CSCC[C@H](C(=O)Nc1ccc(-c2nnc3n2CCCCC3)cc1)N1C(=O)c2ccccc2C1=O. The molecule has 9 heteroatoms. The van der Waals surface area contributed by atoms with Crippen molar-refractivity contribution in [2.45, 2.75) is 44.7 Å². The van der Waals surface area contributed by atoms with E-state index < -0.39 is 17.9 Å². The summed E-state index contributed by atoms with van der Waals surface area (Å²) in [7, 11) is 0. The van der Waals surface area contributed by atoms with Crippen molar-refractivity contribution >= 4 is 35.2 Å². The summed E-state index contributed by atoms with van der Waals surface area (Å²) in [5, 5.41) is 11.7. The number of carbonyl (C=O) groups excluding carboxylic acids is 3. The molecule has 5 rings (SSSR count). The van der Waals surface area contributed by atoms with E-state index in [1.165, 1.54) is 6.42 Å². The monoisotopic (exact) mass is 489 g/mol. The zero-order chi connectivity index (χ0) is 24.4. The number of thioether (sulfide) groups is 1. The van der Waals surface area contributed by atoms with E-state index >= 15 is 0 Å². The number of hydrogen-bond donors (Lipinski definition) is 1. The molecule has 1 aromatic heterocycles. The third-order valence-corrected chi connectivity index (χ3v) is 7.20.